The number of rotatable bonds is 8. The summed E-state index contributed by atoms with van der Waals surface area (Å²) in [4.78, 5) is 26.9. The Morgan fingerprint density at radius 2 is 1.79 bits per heavy atom. The highest BCUT2D eigenvalue weighted by molar-refractivity contribution is 6.04. The number of carbonyl (C=O) groups excluding carboxylic acids is 2. The monoisotopic (exact) mass is 450 g/mol. The number of nitrogens with zero attached hydrogens (tertiary/aromatic N) is 3. The van der Waals surface area contributed by atoms with Crippen LogP contribution in [0.3, 0.4) is 0 Å². The number of hydrogen-bond donors (Lipinski definition) is 2. The van der Waals surface area contributed by atoms with Gasteiger partial charge in [-0.05, 0) is 49.7 Å². The van der Waals surface area contributed by atoms with Gasteiger partial charge in [-0.1, -0.05) is 0 Å². The average Bonchev–Trinajstić information content (AvgIpc) is 3.17. The first-order valence-corrected chi connectivity index (χ1v) is 10.7. The quantitative estimate of drug-likeness (QED) is 0.546. The fraction of sp³-hybridized carbons (Fsp3) is 0.292. The Morgan fingerprint density at radius 1 is 1.06 bits per heavy atom. The highest BCUT2D eigenvalue weighted by atomic mass is 16.5. The summed E-state index contributed by atoms with van der Waals surface area (Å²) < 4.78 is 13.2. The van der Waals surface area contributed by atoms with E-state index in [1.807, 2.05) is 0 Å². The molecular weight excluding hydrogens is 424 g/mol. The van der Waals surface area contributed by atoms with Gasteiger partial charge < -0.3 is 24.8 Å². The van der Waals surface area contributed by atoms with Crippen LogP contribution in [0.4, 0.5) is 5.82 Å². The van der Waals surface area contributed by atoms with Crippen LogP contribution in [-0.2, 0) is 7.05 Å². The summed E-state index contributed by atoms with van der Waals surface area (Å²) in [5.41, 5.74) is 0.911. The predicted octanol–water partition coefficient (Wildman–Crippen LogP) is 3.07. The molecule has 0 saturated carbocycles. The molecule has 0 spiro atoms. The summed E-state index contributed by atoms with van der Waals surface area (Å²) in [7, 11) is 1.76. The Kier molecular flexibility index (Phi) is 6.60. The Morgan fingerprint density at radius 3 is 2.39 bits per heavy atom. The topological polar surface area (TPSA) is 106 Å². The first-order chi connectivity index (χ1) is 15.9. The summed E-state index contributed by atoms with van der Waals surface area (Å²) in [5.74, 6) is 1.32. The lowest BCUT2D eigenvalue weighted by molar-refractivity contribution is 0.0651. The number of amides is 2. The van der Waals surface area contributed by atoms with E-state index >= 15 is 0 Å². The SMILES string of the molecule is C[C@H](CO)Oc1cc(Oc2ccc(C(=O)N3CCC3)cc2)cc(C(=O)Nc2ccn(C)n2)c1. The molecule has 1 fully saturated rings. The fourth-order valence-electron chi connectivity index (χ4n) is 3.27. The molecule has 1 atom stereocenters. The molecular formula is C24H26N4O5. The number of aromatic nitrogens is 2. The van der Waals surface area contributed by atoms with Crippen molar-refractivity contribution in [1.29, 1.82) is 0 Å². The van der Waals surface area contributed by atoms with Gasteiger partial charge in [0.1, 0.15) is 23.4 Å². The summed E-state index contributed by atoms with van der Waals surface area (Å²) in [6.45, 7) is 3.13. The van der Waals surface area contributed by atoms with Crippen molar-refractivity contribution >= 4 is 17.6 Å². The molecule has 9 nitrogen and oxygen atoms in total. The molecule has 0 aliphatic carbocycles. The highest BCUT2D eigenvalue weighted by Crippen LogP contribution is 2.29. The number of anilines is 1. The van der Waals surface area contributed by atoms with Gasteiger partial charge in [-0.15, -0.1) is 0 Å². The highest BCUT2D eigenvalue weighted by Gasteiger charge is 2.21. The third-order valence-corrected chi connectivity index (χ3v) is 5.17. The van der Waals surface area contributed by atoms with Gasteiger partial charge in [0.05, 0.1) is 6.61 Å². The second kappa shape index (κ2) is 9.74. The van der Waals surface area contributed by atoms with E-state index in [1.165, 1.54) is 0 Å². The van der Waals surface area contributed by atoms with Crippen LogP contribution < -0.4 is 14.8 Å². The molecule has 33 heavy (non-hydrogen) atoms. The van der Waals surface area contributed by atoms with Gasteiger partial charge >= 0.3 is 0 Å². The van der Waals surface area contributed by atoms with E-state index in [4.69, 9.17) is 9.47 Å². The predicted molar refractivity (Wildman–Crippen MR) is 122 cm³/mol. The zero-order valence-corrected chi connectivity index (χ0v) is 18.5. The largest absolute Gasteiger partial charge is 0.488 e. The molecule has 172 valence electrons. The molecule has 3 aromatic rings. The van der Waals surface area contributed by atoms with Gasteiger partial charge in [0.2, 0.25) is 0 Å². The van der Waals surface area contributed by atoms with Gasteiger partial charge in [-0.3, -0.25) is 14.3 Å². The first-order valence-electron chi connectivity index (χ1n) is 10.7. The maximum atomic E-state index is 12.8. The van der Waals surface area contributed by atoms with Crippen molar-refractivity contribution in [3.63, 3.8) is 0 Å². The van der Waals surface area contributed by atoms with Crippen LogP contribution in [0.2, 0.25) is 0 Å². The lowest BCUT2D eigenvalue weighted by Gasteiger charge is -2.30. The van der Waals surface area contributed by atoms with E-state index in [2.05, 4.69) is 10.4 Å². The number of likely N-dealkylation sites (tertiary alicyclic amines) is 1. The fourth-order valence-corrected chi connectivity index (χ4v) is 3.27. The average molecular weight is 450 g/mol. The molecule has 2 heterocycles. The Hall–Kier alpha value is -3.85. The normalized spacial score (nSPS) is 13.7. The maximum absolute atomic E-state index is 12.8. The third kappa shape index (κ3) is 5.50. The minimum Gasteiger partial charge on any atom is -0.488 e. The lowest BCUT2D eigenvalue weighted by Crippen LogP contribution is -2.41. The van der Waals surface area contributed by atoms with E-state index in [1.54, 1.807) is 78.3 Å². The summed E-state index contributed by atoms with van der Waals surface area (Å²) in [5, 5.41) is 16.2. The second-order valence-corrected chi connectivity index (χ2v) is 7.91. The molecule has 9 heteroatoms. The van der Waals surface area contributed by atoms with E-state index in [0.29, 0.717) is 34.2 Å². The molecule has 2 aromatic carbocycles. The minimum absolute atomic E-state index is 0.00895. The lowest BCUT2D eigenvalue weighted by atomic mass is 10.1. The zero-order chi connectivity index (χ0) is 23.4. The van der Waals surface area contributed by atoms with Crippen LogP contribution in [0.15, 0.2) is 54.7 Å². The second-order valence-electron chi connectivity index (χ2n) is 7.91. The third-order valence-electron chi connectivity index (χ3n) is 5.17. The van der Waals surface area contributed by atoms with Crippen molar-refractivity contribution in [3.05, 3.63) is 65.9 Å². The number of carbonyl (C=O) groups is 2. The summed E-state index contributed by atoms with van der Waals surface area (Å²) in [6, 6.07) is 13.4. The Labute approximate surface area is 191 Å². The van der Waals surface area contributed by atoms with Gasteiger partial charge in [0.15, 0.2) is 5.82 Å². The first kappa shape index (κ1) is 22.3. The van der Waals surface area contributed by atoms with Gasteiger partial charge in [0.25, 0.3) is 11.8 Å². The standard InChI is InChI=1S/C24H26N4O5/c1-16(15-29)32-20-12-18(23(30)25-22-8-11-27(2)26-22)13-21(14-20)33-19-6-4-17(5-7-19)24(31)28-9-3-10-28/h4-8,11-14,16,29H,3,9-10,15H2,1-2H3,(H,25,26,30)/t16-/m1/s1. The van der Waals surface area contributed by atoms with Crippen molar-refractivity contribution in [2.75, 3.05) is 25.0 Å². The Balaban J connectivity index is 1.54. The number of nitrogens with one attached hydrogen (secondary N) is 1. The van der Waals surface area contributed by atoms with Gasteiger partial charge in [-0.2, -0.15) is 5.10 Å². The number of benzene rings is 2. The van der Waals surface area contributed by atoms with Crippen LogP contribution in [0.5, 0.6) is 17.2 Å². The van der Waals surface area contributed by atoms with E-state index in [0.717, 1.165) is 19.5 Å². The number of aliphatic hydroxyl groups is 1. The van der Waals surface area contributed by atoms with Crippen molar-refractivity contribution in [3.8, 4) is 17.2 Å². The number of ether oxygens (including phenoxy) is 2. The molecule has 4 rings (SSSR count). The molecule has 1 saturated heterocycles. The molecule has 0 bridgehead atoms. The van der Waals surface area contributed by atoms with Crippen LogP contribution in [0, 0.1) is 0 Å². The number of hydrogen-bond acceptors (Lipinski definition) is 6. The van der Waals surface area contributed by atoms with E-state index < -0.39 is 6.10 Å². The van der Waals surface area contributed by atoms with Crippen LogP contribution in [0.1, 0.15) is 34.1 Å². The summed E-state index contributed by atoms with van der Waals surface area (Å²) in [6.07, 6.45) is 2.30. The minimum atomic E-state index is -0.459. The summed E-state index contributed by atoms with van der Waals surface area (Å²) >= 11 is 0. The molecule has 1 aromatic heterocycles. The van der Waals surface area contributed by atoms with E-state index in [-0.39, 0.29) is 18.4 Å². The van der Waals surface area contributed by atoms with Crippen molar-refractivity contribution in [1.82, 2.24) is 14.7 Å². The number of aliphatic hydroxyl groups excluding tert-OH is 1. The Bertz CT molecular complexity index is 1140. The van der Waals surface area contributed by atoms with Crippen LogP contribution in [0.25, 0.3) is 0 Å². The van der Waals surface area contributed by atoms with Crippen molar-refractivity contribution in [2.45, 2.75) is 19.4 Å². The molecule has 1 aliphatic rings. The van der Waals surface area contributed by atoms with Crippen LogP contribution in [-0.4, -0.2) is 57.4 Å². The van der Waals surface area contributed by atoms with Crippen molar-refractivity contribution < 1.29 is 24.2 Å². The molecule has 0 radical (unpaired) electrons. The smallest absolute Gasteiger partial charge is 0.257 e. The molecule has 0 unspecified atom stereocenters. The number of aryl methyl sites for hydroxylation is 1. The zero-order valence-electron chi connectivity index (χ0n) is 18.5. The van der Waals surface area contributed by atoms with E-state index in [9.17, 15) is 14.7 Å². The molecule has 2 amide bonds. The van der Waals surface area contributed by atoms with Crippen molar-refractivity contribution in [2.24, 2.45) is 7.05 Å². The van der Waals surface area contributed by atoms with Crippen LogP contribution >= 0.6 is 0 Å². The molecule has 1 aliphatic heterocycles. The molecule has 2 N–H and O–H groups in total. The maximum Gasteiger partial charge on any atom is 0.257 e. The van der Waals surface area contributed by atoms with Gasteiger partial charge in [0, 0.05) is 49.6 Å². The van der Waals surface area contributed by atoms with Gasteiger partial charge in [-0.25, -0.2) is 0 Å².